The van der Waals surface area contributed by atoms with E-state index in [1.807, 2.05) is 66.7 Å². The molecule has 1 aliphatic rings. The molecule has 0 aliphatic heterocycles. The van der Waals surface area contributed by atoms with Crippen LogP contribution < -0.4 is 5.32 Å². The molecule has 0 unspecified atom stereocenters. The summed E-state index contributed by atoms with van der Waals surface area (Å²) in [7, 11) is 0. The van der Waals surface area contributed by atoms with Gasteiger partial charge in [0.1, 0.15) is 12.6 Å². The summed E-state index contributed by atoms with van der Waals surface area (Å²) in [6.07, 6.45) is 1.72. The Labute approximate surface area is 197 Å². The maximum Gasteiger partial charge on any atom is 0.407 e. The number of carbonyl (C=O) groups excluding carboxylic acids is 1. The molecular weight excluding hydrogens is 428 g/mol. The Kier molecular flexibility index (Phi) is 5.95. The molecule has 6 heteroatoms. The predicted molar refractivity (Wildman–Crippen MR) is 130 cm³/mol. The molecule has 0 spiro atoms. The number of aliphatic carboxylic acids is 1. The number of rotatable bonds is 7. The second kappa shape index (κ2) is 9.35. The molecule has 170 valence electrons. The molecule has 1 amide bonds. The minimum atomic E-state index is -1.10. The number of nitrogens with zero attached hydrogens (tertiary/aromatic N) is 1. The van der Waals surface area contributed by atoms with Gasteiger partial charge in [-0.2, -0.15) is 0 Å². The zero-order valence-corrected chi connectivity index (χ0v) is 18.5. The molecule has 0 radical (unpaired) electrons. The third-order valence-corrected chi connectivity index (χ3v) is 6.30. The van der Waals surface area contributed by atoms with Crippen LogP contribution in [0, 0.1) is 0 Å². The summed E-state index contributed by atoms with van der Waals surface area (Å²) >= 11 is 0. The predicted octanol–water partition coefficient (Wildman–Crippen LogP) is 5.16. The summed E-state index contributed by atoms with van der Waals surface area (Å²) in [5.41, 5.74) is 6.29. The van der Waals surface area contributed by atoms with Gasteiger partial charge in [-0.1, -0.05) is 66.7 Å². The van der Waals surface area contributed by atoms with E-state index in [4.69, 9.17) is 4.74 Å². The molecule has 0 fully saturated rings. The van der Waals surface area contributed by atoms with E-state index in [0.29, 0.717) is 6.42 Å². The maximum atomic E-state index is 12.5. The number of fused-ring (bicyclic) bond motifs is 4. The summed E-state index contributed by atoms with van der Waals surface area (Å²) in [5.74, 6) is -1.17. The van der Waals surface area contributed by atoms with Crippen LogP contribution in [0.15, 0.2) is 85.1 Å². The minimum Gasteiger partial charge on any atom is -0.480 e. The molecule has 1 aromatic heterocycles. The van der Waals surface area contributed by atoms with E-state index >= 15 is 0 Å². The first kappa shape index (κ1) is 21.6. The smallest absolute Gasteiger partial charge is 0.407 e. The lowest BCUT2D eigenvalue weighted by Gasteiger charge is -2.17. The van der Waals surface area contributed by atoms with E-state index in [9.17, 15) is 14.7 Å². The quantitative estimate of drug-likeness (QED) is 0.404. The molecule has 6 nitrogen and oxygen atoms in total. The molecule has 2 N–H and O–H groups in total. The van der Waals surface area contributed by atoms with E-state index in [0.717, 1.165) is 38.7 Å². The first-order valence-electron chi connectivity index (χ1n) is 11.3. The molecule has 3 aromatic carbocycles. The summed E-state index contributed by atoms with van der Waals surface area (Å²) in [6.45, 7) is 0.140. The van der Waals surface area contributed by atoms with Crippen LogP contribution in [-0.4, -0.2) is 34.8 Å². The lowest BCUT2D eigenvalue weighted by atomic mass is 9.98. The van der Waals surface area contributed by atoms with Crippen molar-refractivity contribution in [3.8, 4) is 11.1 Å². The number of aromatic nitrogens is 1. The number of pyridine rings is 1. The molecular formula is C28H24N2O4. The van der Waals surface area contributed by atoms with Crippen LogP contribution in [0.2, 0.25) is 0 Å². The molecule has 0 saturated heterocycles. The maximum absolute atomic E-state index is 12.5. The van der Waals surface area contributed by atoms with Crippen molar-refractivity contribution in [1.82, 2.24) is 10.3 Å². The van der Waals surface area contributed by atoms with Crippen molar-refractivity contribution in [3.05, 3.63) is 102 Å². The van der Waals surface area contributed by atoms with E-state index in [2.05, 4.69) is 22.4 Å². The van der Waals surface area contributed by atoms with Gasteiger partial charge in [0, 0.05) is 17.5 Å². The van der Waals surface area contributed by atoms with Gasteiger partial charge in [0.2, 0.25) is 0 Å². The van der Waals surface area contributed by atoms with Crippen molar-refractivity contribution in [3.63, 3.8) is 0 Å². The Balaban J connectivity index is 1.22. The van der Waals surface area contributed by atoms with E-state index in [1.165, 1.54) is 0 Å². The Hall–Kier alpha value is -4.19. The highest BCUT2D eigenvalue weighted by atomic mass is 16.5. The monoisotopic (exact) mass is 452 g/mol. The third-order valence-electron chi connectivity index (χ3n) is 6.30. The second-order valence-corrected chi connectivity index (χ2v) is 8.44. The largest absolute Gasteiger partial charge is 0.480 e. The molecule has 1 heterocycles. The minimum absolute atomic E-state index is 0.0786. The second-order valence-electron chi connectivity index (χ2n) is 8.44. The Bertz CT molecular complexity index is 1320. The number of hydrogen-bond acceptors (Lipinski definition) is 4. The molecule has 0 bridgehead atoms. The molecule has 4 aromatic rings. The van der Waals surface area contributed by atoms with Gasteiger partial charge < -0.3 is 15.2 Å². The van der Waals surface area contributed by atoms with Crippen LogP contribution in [0.4, 0.5) is 4.79 Å². The standard InChI is InChI=1S/C28H24N2O4/c31-27(32)26(14-13-18-15-19-7-1-6-12-25(19)29-16-18)30-28(33)34-17-24-22-10-4-2-8-20(22)21-9-3-5-11-23(21)24/h1-12,15-16,24,26H,13-14,17H2,(H,30,33)(H,31,32)/t26-/m0/s1. The van der Waals surface area contributed by atoms with Crippen LogP contribution in [0.3, 0.4) is 0 Å². The van der Waals surface area contributed by atoms with Crippen molar-refractivity contribution in [2.45, 2.75) is 24.8 Å². The van der Waals surface area contributed by atoms with Crippen LogP contribution in [0.1, 0.15) is 29.0 Å². The zero-order chi connectivity index (χ0) is 23.5. The van der Waals surface area contributed by atoms with Gasteiger partial charge in [-0.25, -0.2) is 9.59 Å². The van der Waals surface area contributed by atoms with Gasteiger partial charge in [0.25, 0.3) is 0 Å². The number of carboxylic acid groups (broad SMARTS) is 1. The van der Waals surface area contributed by atoms with Gasteiger partial charge in [0.05, 0.1) is 5.52 Å². The topological polar surface area (TPSA) is 88.5 Å². The van der Waals surface area contributed by atoms with E-state index in [-0.39, 0.29) is 18.9 Å². The normalized spacial score (nSPS) is 13.2. The number of nitrogens with one attached hydrogen (secondary N) is 1. The fourth-order valence-corrected chi connectivity index (χ4v) is 4.60. The SMILES string of the molecule is O=C(N[C@@H](CCc1cnc2ccccc2c1)C(=O)O)OCC1c2ccccc2-c2ccccc21. The number of carboxylic acids is 1. The summed E-state index contributed by atoms with van der Waals surface area (Å²) in [4.78, 5) is 28.7. The van der Waals surface area contributed by atoms with Crippen LogP contribution in [0.5, 0.6) is 0 Å². The molecule has 1 aliphatic carbocycles. The van der Waals surface area contributed by atoms with E-state index in [1.54, 1.807) is 6.20 Å². The number of para-hydroxylation sites is 1. The Morgan fingerprint density at radius 2 is 1.59 bits per heavy atom. The fraction of sp³-hybridized carbons (Fsp3) is 0.179. The first-order chi connectivity index (χ1) is 16.6. The molecule has 34 heavy (non-hydrogen) atoms. The summed E-state index contributed by atoms with van der Waals surface area (Å²) in [5, 5.41) is 13.1. The lowest BCUT2D eigenvalue weighted by Crippen LogP contribution is -2.41. The van der Waals surface area contributed by atoms with Gasteiger partial charge in [0.15, 0.2) is 0 Å². The average molecular weight is 453 g/mol. The van der Waals surface area contributed by atoms with Crippen molar-refractivity contribution >= 4 is 23.0 Å². The van der Waals surface area contributed by atoms with Gasteiger partial charge in [-0.3, -0.25) is 4.98 Å². The van der Waals surface area contributed by atoms with Crippen molar-refractivity contribution in [2.24, 2.45) is 0 Å². The van der Waals surface area contributed by atoms with E-state index < -0.39 is 18.1 Å². The van der Waals surface area contributed by atoms with Crippen molar-refractivity contribution < 1.29 is 19.4 Å². The van der Waals surface area contributed by atoms with Gasteiger partial charge in [-0.15, -0.1) is 0 Å². The molecule has 1 atom stereocenters. The summed E-state index contributed by atoms with van der Waals surface area (Å²) in [6, 6.07) is 24.8. The number of amides is 1. The number of carbonyl (C=O) groups is 2. The van der Waals surface area contributed by atoms with Crippen LogP contribution in [-0.2, 0) is 16.0 Å². The third kappa shape index (κ3) is 4.35. The van der Waals surface area contributed by atoms with Gasteiger partial charge in [-0.05, 0) is 52.8 Å². The zero-order valence-electron chi connectivity index (χ0n) is 18.5. The first-order valence-corrected chi connectivity index (χ1v) is 11.3. The Morgan fingerprint density at radius 3 is 2.29 bits per heavy atom. The number of ether oxygens (including phenoxy) is 1. The molecule has 0 saturated carbocycles. The van der Waals surface area contributed by atoms with Gasteiger partial charge >= 0.3 is 12.1 Å². The van der Waals surface area contributed by atoms with Crippen LogP contribution in [0.25, 0.3) is 22.0 Å². The Morgan fingerprint density at radius 1 is 0.941 bits per heavy atom. The van der Waals surface area contributed by atoms with Crippen molar-refractivity contribution in [1.29, 1.82) is 0 Å². The highest BCUT2D eigenvalue weighted by Gasteiger charge is 2.29. The molecule has 5 rings (SSSR count). The number of benzene rings is 3. The number of aryl methyl sites for hydroxylation is 1. The lowest BCUT2D eigenvalue weighted by molar-refractivity contribution is -0.139. The number of hydrogen-bond donors (Lipinski definition) is 2. The highest BCUT2D eigenvalue weighted by molar-refractivity contribution is 5.81. The van der Waals surface area contributed by atoms with Crippen LogP contribution >= 0.6 is 0 Å². The summed E-state index contributed by atoms with van der Waals surface area (Å²) < 4.78 is 5.50. The number of alkyl carbamates (subject to hydrolysis) is 1. The highest BCUT2D eigenvalue weighted by Crippen LogP contribution is 2.44. The average Bonchev–Trinajstić information content (AvgIpc) is 3.18. The fourth-order valence-electron chi connectivity index (χ4n) is 4.60. The van der Waals surface area contributed by atoms with Crippen molar-refractivity contribution in [2.75, 3.05) is 6.61 Å².